The van der Waals surface area contributed by atoms with Gasteiger partial charge in [-0.15, -0.1) is 0 Å². The predicted molar refractivity (Wildman–Crippen MR) is 140 cm³/mol. The van der Waals surface area contributed by atoms with Crippen LogP contribution in [-0.2, 0) is 11.0 Å². The second-order valence-electron chi connectivity index (χ2n) is 10.1. The van der Waals surface area contributed by atoms with Crippen molar-refractivity contribution in [3.8, 4) is 11.1 Å². The zero-order valence-corrected chi connectivity index (χ0v) is 21.7. The van der Waals surface area contributed by atoms with Crippen LogP contribution < -0.4 is 11.1 Å². The van der Waals surface area contributed by atoms with Crippen molar-refractivity contribution in [1.82, 2.24) is 4.98 Å². The first-order valence-corrected chi connectivity index (χ1v) is 14.2. The van der Waals surface area contributed by atoms with Crippen LogP contribution in [0.15, 0.2) is 54.7 Å². The number of hydrogen-bond acceptors (Lipinski definition) is 4. The molecule has 6 heteroatoms. The summed E-state index contributed by atoms with van der Waals surface area (Å²) >= 11 is 0. The van der Waals surface area contributed by atoms with E-state index in [1.54, 1.807) is 12.3 Å². The van der Waals surface area contributed by atoms with Gasteiger partial charge in [0.15, 0.2) is 8.32 Å². The van der Waals surface area contributed by atoms with E-state index in [1.807, 2.05) is 56.3 Å². The van der Waals surface area contributed by atoms with E-state index in [0.29, 0.717) is 12.3 Å². The predicted octanol–water partition coefficient (Wildman–Crippen LogP) is 6.72. The molecule has 0 fully saturated rings. The van der Waals surface area contributed by atoms with Crippen LogP contribution in [0.5, 0.6) is 0 Å². The Balaban J connectivity index is 1.74. The van der Waals surface area contributed by atoms with Crippen molar-refractivity contribution >= 4 is 25.6 Å². The number of nitrogens with two attached hydrogens (primary N) is 1. The molecule has 1 amide bonds. The van der Waals surface area contributed by atoms with Gasteiger partial charge >= 0.3 is 0 Å². The fraction of sp³-hybridized carbons (Fsp3) is 0.333. The molecular formula is C27H35N3O2Si. The van der Waals surface area contributed by atoms with E-state index in [0.717, 1.165) is 39.2 Å². The fourth-order valence-corrected chi connectivity index (χ4v) is 4.28. The Morgan fingerprint density at radius 1 is 1.00 bits per heavy atom. The molecular weight excluding hydrogens is 426 g/mol. The summed E-state index contributed by atoms with van der Waals surface area (Å²) in [6.07, 6.45) is 1.72. The van der Waals surface area contributed by atoms with Gasteiger partial charge in [0.2, 0.25) is 0 Å². The Bertz CT molecular complexity index is 1150. The minimum absolute atomic E-state index is 0.149. The number of anilines is 2. The molecule has 0 aliphatic carbocycles. The third-order valence-electron chi connectivity index (χ3n) is 6.71. The molecule has 0 aliphatic rings. The molecule has 0 aliphatic heterocycles. The Kier molecular flexibility index (Phi) is 7.10. The maximum atomic E-state index is 12.9. The van der Waals surface area contributed by atoms with Gasteiger partial charge in [-0.2, -0.15) is 0 Å². The summed E-state index contributed by atoms with van der Waals surface area (Å²) in [7, 11) is -1.84. The molecule has 0 spiro atoms. The molecule has 2 aromatic carbocycles. The molecule has 0 atom stereocenters. The highest BCUT2D eigenvalue weighted by atomic mass is 28.4. The van der Waals surface area contributed by atoms with Crippen LogP contribution in [0.3, 0.4) is 0 Å². The second-order valence-corrected chi connectivity index (χ2v) is 14.9. The van der Waals surface area contributed by atoms with E-state index < -0.39 is 8.32 Å². The number of amides is 1. The number of nitrogens with zero attached hydrogens (tertiary/aromatic N) is 1. The van der Waals surface area contributed by atoms with Crippen LogP contribution in [0.1, 0.15) is 48.0 Å². The monoisotopic (exact) mass is 461 g/mol. The number of nitrogens with one attached hydrogen (secondary N) is 1. The van der Waals surface area contributed by atoms with Gasteiger partial charge in [0.1, 0.15) is 5.69 Å². The van der Waals surface area contributed by atoms with E-state index in [-0.39, 0.29) is 10.9 Å². The number of carbonyl (C=O) groups excluding carboxylic acids is 1. The number of carbonyl (C=O) groups is 1. The molecule has 3 rings (SSSR count). The lowest BCUT2D eigenvalue weighted by atomic mass is 9.95. The van der Waals surface area contributed by atoms with Gasteiger partial charge in [0, 0.05) is 17.6 Å². The first kappa shape index (κ1) is 24.7. The SMILES string of the molecule is Cc1c(N)cccc1-c1cccc(NC(=O)c2ccc(CO[Si](C)(C)C(C)(C)C)cn2)c1C. The van der Waals surface area contributed by atoms with Gasteiger partial charge in [-0.1, -0.05) is 51.1 Å². The number of benzene rings is 2. The highest BCUT2D eigenvalue weighted by Gasteiger charge is 2.37. The molecule has 5 nitrogen and oxygen atoms in total. The van der Waals surface area contributed by atoms with Gasteiger partial charge in [-0.25, -0.2) is 0 Å². The van der Waals surface area contributed by atoms with E-state index in [1.165, 1.54) is 0 Å². The largest absolute Gasteiger partial charge is 0.413 e. The smallest absolute Gasteiger partial charge is 0.274 e. The van der Waals surface area contributed by atoms with Crippen LogP contribution in [0, 0.1) is 13.8 Å². The van der Waals surface area contributed by atoms with E-state index >= 15 is 0 Å². The minimum atomic E-state index is -1.84. The summed E-state index contributed by atoms with van der Waals surface area (Å²) in [4.78, 5) is 17.3. The van der Waals surface area contributed by atoms with Gasteiger partial charge in [-0.3, -0.25) is 9.78 Å². The van der Waals surface area contributed by atoms with Gasteiger partial charge in [0.25, 0.3) is 5.91 Å². The molecule has 0 saturated carbocycles. The third kappa shape index (κ3) is 5.52. The average molecular weight is 462 g/mol. The lowest BCUT2D eigenvalue weighted by Crippen LogP contribution is -2.40. The lowest BCUT2D eigenvalue weighted by Gasteiger charge is -2.36. The number of rotatable bonds is 6. The molecule has 0 saturated heterocycles. The van der Waals surface area contributed by atoms with Crippen molar-refractivity contribution in [2.24, 2.45) is 0 Å². The summed E-state index contributed by atoms with van der Waals surface area (Å²) in [5.41, 5.74) is 13.1. The summed E-state index contributed by atoms with van der Waals surface area (Å²) in [6, 6.07) is 15.4. The quantitative estimate of drug-likeness (QED) is 0.315. The number of hydrogen-bond donors (Lipinski definition) is 2. The van der Waals surface area contributed by atoms with Crippen LogP contribution in [0.25, 0.3) is 11.1 Å². The van der Waals surface area contributed by atoms with Crippen LogP contribution in [-0.4, -0.2) is 19.2 Å². The van der Waals surface area contributed by atoms with Gasteiger partial charge in [0.05, 0.1) is 6.61 Å². The number of nitrogen functional groups attached to an aromatic ring is 1. The lowest BCUT2D eigenvalue weighted by molar-refractivity contribution is 0.102. The highest BCUT2D eigenvalue weighted by Crippen LogP contribution is 2.37. The molecule has 3 aromatic rings. The van der Waals surface area contributed by atoms with Crippen molar-refractivity contribution in [2.45, 2.75) is 59.4 Å². The van der Waals surface area contributed by atoms with Gasteiger partial charge in [-0.05, 0) is 78.0 Å². The van der Waals surface area contributed by atoms with Crippen molar-refractivity contribution < 1.29 is 9.22 Å². The summed E-state index contributed by atoms with van der Waals surface area (Å²) in [5, 5.41) is 3.16. The molecule has 1 heterocycles. The zero-order chi connectivity index (χ0) is 24.4. The second kappa shape index (κ2) is 9.49. The van der Waals surface area contributed by atoms with Crippen molar-refractivity contribution in [2.75, 3.05) is 11.1 Å². The third-order valence-corrected chi connectivity index (χ3v) is 11.2. The molecule has 0 unspecified atom stereocenters. The van der Waals surface area contributed by atoms with Crippen LogP contribution >= 0.6 is 0 Å². The van der Waals surface area contributed by atoms with Gasteiger partial charge < -0.3 is 15.5 Å². The fourth-order valence-electron chi connectivity index (χ4n) is 3.32. The molecule has 174 valence electrons. The van der Waals surface area contributed by atoms with Crippen molar-refractivity contribution in [3.63, 3.8) is 0 Å². The van der Waals surface area contributed by atoms with Crippen molar-refractivity contribution in [3.05, 3.63) is 77.1 Å². The van der Waals surface area contributed by atoms with Crippen molar-refractivity contribution in [1.29, 1.82) is 0 Å². The number of pyridine rings is 1. The number of aromatic nitrogens is 1. The summed E-state index contributed by atoms with van der Waals surface area (Å²) in [5.74, 6) is -0.239. The molecule has 0 bridgehead atoms. The molecule has 33 heavy (non-hydrogen) atoms. The Labute approximate surface area is 198 Å². The highest BCUT2D eigenvalue weighted by molar-refractivity contribution is 6.74. The topological polar surface area (TPSA) is 77.2 Å². The maximum Gasteiger partial charge on any atom is 0.274 e. The van der Waals surface area contributed by atoms with E-state index in [9.17, 15) is 4.79 Å². The first-order valence-electron chi connectivity index (χ1n) is 11.3. The Morgan fingerprint density at radius 3 is 2.24 bits per heavy atom. The minimum Gasteiger partial charge on any atom is -0.413 e. The average Bonchev–Trinajstić information content (AvgIpc) is 2.75. The maximum absolute atomic E-state index is 12.9. The molecule has 3 N–H and O–H groups in total. The van der Waals surface area contributed by atoms with Crippen LogP contribution in [0.4, 0.5) is 11.4 Å². The van der Waals surface area contributed by atoms with E-state index in [4.69, 9.17) is 10.2 Å². The summed E-state index contributed by atoms with van der Waals surface area (Å²) < 4.78 is 6.25. The molecule has 0 radical (unpaired) electrons. The standard InChI is InChI=1S/C27H35N3O2Si/c1-18-21(10-8-12-23(18)28)22-11-9-13-24(19(22)2)30-26(31)25-15-14-20(16-29-25)17-32-33(6,7)27(3,4)5/h8-16H,17,28H2,1-7H3,(H,30,31). The van der Waals surface area contributed by atoms with E-state index in [2.05, 4.69) is 44.2 Å². The first-order chi connectivity index (χ1) is 15.4. The zero-order valence-electron chi connectivity index (χ0n) is 20.7. The normalized spacial score (nSPS) is 12.0. The Hall–Kier alpha value is -2.96. The van der Waals surface area contributed by atoms with Crippen LogP contribution in [0.2, 0.25) is 18.1 Å². The summed E-state index contributed by atoms with van der Waals surface area (Å²) in [6.45, 7) is 15.6. The Morgan fingerprint density at radius 2 is 1.64 bits per heavy atom. The molecule has 1 aromatic heterocycles.